The van der Waals surface area contributed by atoms with E-state index in [2.05, 4.69) is 5.32 Å². The van der Waals surface area contributed by atoms with Crippen molar-refractivity contribution in [2.24, 2.45) is 11.1 Å². The number of hydrogen-bond donors (Lipinski definition) is 2. The van der Waals surface area contributed by atoms with Crippen molar-refractivity contribution in [1.82, 2.24) is 5.32 Å². The lowest BCUT2D eigenvalue weighted by Crippen LogP contribution is -2.36. The summed E-state index contributed by atoms with van der Waals surface area (Å²) in [6, 6.07) is 4.07. The van der Waals surface area contributed by atoms with Crippen molar-refractivity contribution in [2.45, 2.75) is 18.6 Å². The molecule has 0 aliphatic carbocycles. The second kappa shape index (κ2) is 7.19. The fourth-order valence-electron chi connectivity index (χ4n) is 2.47. The average molecular weight is 361 g/mol. The summed E-state index contributed by atoms with van der Waals surface area (Å²) in [7, 11) is -3.78. The number of hydrogen-bond acceptors (Lipinski definition) is 3. The molecule has 1 saturated heterocycles. The average Bonchev–Trinajstić information content (AvgIpc) is 2.66. The molecule has 0 spiro atoms. The highest BCUT2D eigenvalue weighted by atomic mass is 35.5. The Morgan fingerprint density at radius 2 is 2.10 bits per heavy atom. The smallest absolute Gasteiger partial charge is 0.209 e. The lowest BCUT2D eigenvalue weighted by molar-refractivity contribution is 0.279. The molecule has 0 unspecified atom stereocenters. The molecule has 0 amide bonds. The Balaban J connectivity index is 0.00000220. The van der Waals surface area contributed by atoms with Gasteiger partial charge in [0.05, 0.1) is 10.8 Å². The normalized spacial score (nSPS) is 25.6. The molecule has 3 atom stereocenters. The van der Waals surface area contributed by atoms with Gasteiger partial charge in [-0.05, 0) is 18.1 Å². The molecule has 1 fully saturated rings. The molecule has 0 aromatic heterocycles. The van der Waals surface area contributed by atoms with Gasteiger partial charge < -0.3 is 5.32 Å². The summed E-state index contributed by atoms with van der Waals surface area (Å²) in [6.45, 7) is 0.0348. The van der Waals surface area contributed by atoms with Gasteiger partial charge in [0, 0.05) is 18.5 Å². The van der Waals surface area contributed by atoms with Crippen molar-refractivity contribution in [1.29, 1.82) is 0 Å². The summed E-state index contributed by atoms with van der Waals surface area (Å²) in [5.74, 6) is -1.82. The zero-order chi connectivity index (χ0) is 14.9. The second-order valence-corrected chi connectivity index (χ2v) is 7.01. The molecule has 1 heterocycles. The van der Waals surface area contributed by atoms with Crippen LogP contribution in [0.2, 0.25) is 5.02 Å². The molecule has 1 aromatic carbocycles. The summed E-state index contributed by atoms with van der Waals surface area (Å²) < 4.78 is 49.8. The van der Waals surface area contributed by atoms with E-state index in [1.165, 1.54) is 6.07 Å². The Morgan fingerprint density at radius 1 is 1.43 bits per heavy atom. The second-order valence-electron chi connectivity index (χ2n) is 4.94. The Morgan fingerprint density at radius 3 is 2.71 bits per heavy atom. The third-order valence-corrected chi connectivity index (χ3v) is 4.59. The third-order valence-electron chi connectivity index (χ3n) is 3.45. The summed E-state index contributed by atoms with van der Waals surface area (Å²) in [5.41, 5.74) is 0.323. The molecule has 1 aliphatic heterocycles. The van der Waals surface area contributed by atoms with E-state index >= 15 is 0 Å². The number of rotatable bonds is 4. The van der Waals surface area contributed by atoms with Crippen LogP contribution < -0.4 is 10.5 Å². The number of nitrogens with one attached hydrogen (secondary N) is 1. The van der Waals surface area contributed by atoms with E-state index in [-0.39, 0.29) is 30.4 Å². The Kier molecular flexibility index (Phi) is 6.36. The molecule has 120 valence electrons. The first kappa shape index (κ1) is 18.6. The van der Waals surface area contributed by atoms with Gasteiger partial charge >= 0.3 is 0 Å². The van der Waals surface area contributed by atoms with E-state index in [4.69, 9.17) is 16.7 Å². The van der Waals surface area contributed by atoms with E-state index in [0.717, 1.165) is 0 Å². The summed E-state index contributed by atoms with van der Waals surface area (Å²) >= 11 is 5.69. The molecule has 9 heteroatoms. The van der Waals surface area contributed by atoms with Crippen LogP contribution in [0.1, 0.15) is 5.56 Å². The van der Waals surface area contributed by atoms with Gasteiger partial charge in [-0.2, -0.15) is 0 Å². The van der Waals surface area contributed by atoms with Crippen LogP contribution in [0, 0.1) is 11.7 Å². The molecule has 1 aliphatic rings. The number of sulfonamides is 1. The molecule has 4 nitrogen and oxygen atoms in total. The van der Waals surface area contributed by atoms with Crippen molar-refractivity contribution < 1.29 is 17.2 Å². The maximum absolute atomic E-state index is 13.8. The van der Waals surface area contributed by atoms with E-state index < -0.39 is 39.7 Å². The van der Waals surface area contributed by atoms with Crippen LogP contribution in [-0.4, -0.2) is 32.9 Å². The third kappa shape index (κ3) is 4.75. The van der Waals surface area contributed by atoms with Crippen molar-refractivity contribution in [2.75, 3.05) is 12.3 Å². The highest BCUT2D eigenvalue weighted by Crippen LogP contribution is 2.26. The van der Waals surface area contributed by atoms with Gasteiger partial charge in [0.15, 0.2) is 0 Å². The molecule has 0 saturated carbocycles. The minimum atomic E-state index is -3.78. The van der Waals surface area contributed by atoms with Crippen molar-refractivity contribution >= 4 is 34.0 Å². The van der Waals surface area contributed by atoms with E-state index in [1.54, 1.807) is 12.1 Å². The number of alkyl halides is 1. The van der Waals surface area contributed by atoms with Crippen LogP contribution in [0.5, 0.6) is 0 Å². The van der Waals surface area contributed by atoms with Gasteiger partial charge in [-0.15, -0.1) is 12.4 Å². The Labute approximate surface area is 133 Å². The van der Waals surface area contributed by atoms with E-state index in [0.29, 0.717) is 5.56 Å². The first-order valence-corrected chi connectivity index (χ1v) is 8.18. The monoisotopic (exact) mass is 360 g/mol. The summed E-state index contributed by atoms with van der Waals surface area (Å²) in [5, 5.41) is 7.83. The van der Waals surface area contributed by atoms with Crippen molar-refractivity contribution in [3.63, 3.8) is 0 Å². The summed E-state index contributed by atoms with van der Waals surface area (Å²) in [6.07, 6.45) is -1.16. The van der Waals surface area contributed by atoms with Crippen LogP contribution in [-0.2, 0) is 16.4 Å². The van der Waals surface area contributed by atoms with E-state index in [1.807, 2.05) is 0 Å². The number of primary sulfonamides is 1. The van der Waals surface area contributed by atoms with Gasteiger partial charge in [0.25, 0.3) is 0 Å². The highest BCUT2D eigenvalue weighted by Gasteiger charge is 2.38. The standard InChI is InChI=1S/C12H15ClF2N2O2S.ClH/c13-9-3-1-2-7(12(9)15)4-11-8(6-20(16,18)19)10(14)5-17-11;/h1-3,8,10-11,17H,4-6H2,(H2,16,18,19);1H/t8-,10+,11-;/m0./s1. The molecular formula is C12H16Cl2F2N2O2S. The fourth-order valence-corrected chi connectivity index (χ4v) is 3.65. The Bertz CT molecular complexity index is 601. The molecule has 2 rings (SSSR count). The van der Waals surface area contributed by atoms with Crippen LogP contribution in [0.15, 0.2) is 18.2 Å². The predicted molar refractivity (Wildman–Crippen MR) is 80.5 cm³/mol. The van der Waals surface area contributed by atoms with Crippen LogP contribution >= 0.6 is 24.0 Å². The van der Waals surface area contributed by atoms with Gasteiger partial charge in [-0.3, -0.25) is 0 Å². The molecule has 3 N–H and O–H groups in total. The maximum Gasteiger partial charge on any atom is 0.209 e. The topological polar surface area (TPSA) is 72.2 Å². The van der Waals surface area contributed by atoms with Crippen molar-refractivity contribution in [3.8, 4) is 0 Å². The minimum absolute atomic E-state index is 0. The number of benzene rings is 1. The largest absolute Gasteiger partial charge is 0.310 e. The van der Waals surface area contributed by atoms with Crippen LogP contribution in [0.3, 0.4) is 0 Å². The predicted octanol–water partition coefficient (Wildman–Crippen LogP) is 1.66. The number of halogens is 4. The first-order valence-electron chi connectivity index (χ1n) is 6.09. The minimum Gasteiger partial charge on any atom is -0.310 e. The quantitative estimate of drug-likeness (QED) is 0.857. The van der Waals surface area contributed by atoms with Crippen LogP contribution in [0.4, 0.5) is 8.78 Å². The van der Waals surface area contributed by atoms with Gasteiger partial charge in [-0.1, -0.05) is 23.7 Å². The zero-order valence-corrected chi connectivity index (χ0v) is 13.3. The Hall–Kier alpha value is -0.470. The lowest BCUT2D eigenvalue weighted by atomic mass is 9.95. The van der Waals surface area contributed by atoms with Crippen LogP contribution in [0.25, 0.3) is 0 Å². The molecule has 21 heavy (non-hydrogen) atoms. The molecule has 1 aromatic rings. The SMILES string of the molecule is Cl.NS(=O)(=O)C[C@H]1[C@H](F)CN[C@H]1Cc1cccc(Cl)c1F. The summed E-state index contributed by atoms with van der Waals surface area (Å²) in [4.78, 5) is 0. The lowest BCUT2D eigenvalue weighted by Gasteiger charge is -2.20. The van der Waals surface area contributed by atoms with E-state index in [9.17, 15) is 17.2 Å². The van der Waals surface area contributed by atoms with Gasteiger partial charge in [-0.25, -0.2) is 22.3 Å². The molecule has 0 bridgehead atoms. The van der Waals surface area contributed by atoms with Crippen molar-refractivity contribution in [3.05, 3.63) is 34.6 Å². The number of nitrogens with two attached hydrogens (primary N) is 1. The molecule has 0 radical (unpaired) electrons. The van der Waals surface area contributed by atoms with Gasteiger partial charge in [0.2, 0.25) is 10.0 Å². The first-order chi connectivity index (χ1) is 9.28. The fraction of sp³-hybridized carbons (Fsp3) is 0.500. The molecular weight excluding hydrogens is 345 g/mol. The highest BCUT2D eigenvalue weighted by molar-refractivity contribution is 7.89. The maximum atomic E-state index is 13.8. The van der Waals surface area contributed by atoms with Gasteiger partial charge in [0.1, 0.15) is 12.0 Å². The zero-order valence-electron chi connectivity index (χ0n) is 10.9.